The molecule has 7 nitrogen and oxygen atoms in total. The van der Waals surface area contributed by atoms with Gasteiger partial charge >= 0.3 is 0 Å². The highest BCUT2D eigenvalue weighted by Gasteiger charge is 2.41. The summed E-state index contributed by atoms with van der Waals surface area (Å²) in [5, 5.41) is 8.94. The number of aromatic nitrogens is 2. The van der Waals surface area contributed by atoms with E-state index >= 15 is 0 Å². The minimum atomic E-state index is 0.0277. The van der Waals surface area contributed by atoms with E-state index in [0.717, 1.165) is 38.3 Å². The minimum absolute atomic E-state index is 0.0277. The molecule has 1 amide bonds. The predicted octanol–water partition coefficient (Wildman–Crippen LogP) is 2.10. The Hall–Kier alpha value is -3.14. The normalized spacial score (nSPS) is 21.5. The highest BCUT2D eigenvalue weighted by Crippen LogP contribution is 2.35. The quantitative estimate of drug-likeness (QED) is 0.831. The molecule has 0 N–H and O–H groups in total. The fraction of sp³-hybridized carbons (Fsp3) is 0.400. The lowest BCUT2D eigenvalue weighted by atomic mass is 9.92. The van der Waals surface area contributed by atoms with E-state index in [-0.39, 0.29) is 11.9 Å². The number of nitrogens with zero attached hydrogens (tertiary/aromatic N) is 5. The number of amides is 1. The van der Waals surface area contributed by atoms with Gasteiger partial charge in [0.25, 0.3) is 11.8 Å². The number of ether oxygens (including phenoxy) is 1. The van der Waals surface area contributed by atoms with E-state index in [1.165, 1.54) is 0 Å². The van der Waals surface area contributed by atoms with Crippen LogP contribution in [0, 0.1) is 17.2 Å². The summed E-state index contributed by atoms with van der Waals surface area (Å²) < 4.78 is 5.35. The van der Waals surface area contributed by atoms with Gasteiger partial charge in [-0.15, -0.1) is 0 Å². The zero-order valence-electron chi connectivity index (χ0n) is 15.2. The molecule has 2 fully saturated rings. The van der Waals surface area contributed by atoms with Gasteiger partial charge < -0.3 is 14.5 Å². The van der Waals surface area contributed by atoms with Crippen LogP contribution in [0.25, 0.3) is 0 Å². The first-order chi connectivity index (χ1) is 13.2. The predicted molar refractivity (Wildman–Crippen MR) is 99.5 cm³/mol. The van der Waals surface area contributed by atoms with Crippen LogP contribution in [0.5, 0.6) is 5.88 Å². The molecule has 3 heterocycles. The number of carbonyl (C=O) groups is 1. The highest BCUT2D eigenvalue weighted by molar-refractivity contribution is 5.94. The lowest BCUT2D eigenvalue weighted by Crippen LogP contribution is -2.50. The Labute approximate surface area is 158 Å². The molecule has 1 aromatic heterocycles. The van der Waals surface area contributed by atoms with Crippen LogP contribution in [0.2, 0.25) is 0 Å². The highest BCUT2D eigenvalue weighted by atomic mass is 16.5. The second-order valence-electron chi connectivity index (χ2n) is 6.93. The van der Waals surface area contributed by atoms with Gasteiger partial charge in [0.1, 0.15) is 0 Å². The van der Waals surface area contributed by atoms with Gasteiger partial charge in [-0.3, -0.25) is 4.79 Å². The van der Waals surface area contributed by atoms with Crippen molar-refractivity contribution >= 4 is 11.7 Å². The van der Waals surface area contributed by atoms with Crippen LogP contribution in [0.4, 0.5) is 5.82 Å². The van der Waals surface area contributed by atoms with Gasteiger partial charge in [0, 0.05) is 37.6 Å². The Balaban J connectivity index is 1.54. The van der Waals surface area contributed by atoms with Gasteiger partial charge in [-0.1, -0.05) is 0 Å². The molecule has 2 aliphatic heterocycles. The van der Waals surface area contributed by atoms with Crippen molar-refractivity contribution in [1.82, 2.24) is 14.9 Å². The number of nitriles is 1. The molecule has 2 unspecified atom stereocenters. The SMILES string of the molecule is COc1nccnc1N1CCC2CCN(C(=O)c3ccc(C#N)cc3)C2C1. The number of anilines is 1. The number of methoxy groups -OCH3 is 1. The fourth-order valence-electron chi connectivity index (χ4n) is 4.12. The Morgan fingerprint density at radius 2 is 1.93 bits per heavy atom. The summed E-state index contributed by atoms with van der Waals surface area (Å²) in [7, 11) is 1.59. The van der Waals surface area contributed by atoms with Crippen molar-refractivity contribution in [1.29, 1.82) is 5.26 Å². The van der Waals surface area contributed by atoms with E-state index < -0.39 is 0 Å². The largest absolute Gasteiger partial charge is 0.478 e. The first-order valence-corrected chi connectivity index (χ1v) is 9.12. The van der Waals surface area contributed by atoms with Crippen LogP contribution in [0.1, 0.15) is 28.8 Å². The van der Waals surface area contributed by atoms with Crippen LogP contribution >= 0.6 is 0 Å². The topological polar surface area (TPSA) is 82.4 Å². The number of rotatable bonds is 3. The maximum atomic E-state index is 13.0. The summed E-state index contributed by atoms with van der Waals surface area (Å²) in [4.78, 5) is 25.9. The van der Waals surface area contributed by atoms with Crippen LogP contribution in [-0.2, 0) is 0 Å². The van der Waals surface area contributed by atoms with Crippen molar-refractivity contribution in [2.75, 3.05) is 31.6 Å². The zero-order chi connectivity index (χ0) is 18.8. The van der Waals surface area contributed by atoms with Gasteiger partial charge in [-0.25, -0.2) is 9.97 Å². The molecular formula is C20H21N5O2. The van der Waals surface area contributed by atoms with Crippen molar-refractivity contribution in [3.8, 4) is 11.9 Å². The van der Waals surface area contributed by atoms with Crippen molar-refractivity contribution in [2.45, 2.75) is 18.9 Å². The van der Waals surface area contributed by atoms with Gasteiger partial charge in [-0.2, -0.15) is 5.26 Å². The Kier molecular flexibility index (Phi) is 4.63. The van der Waals surface area contributed by atoms with E-state index in [0.29, 0.717) is 22.9 Å². The Morgan fingerprint density at radius 1 is 1.19 bits per heavy atom. The maximum absolute atomic E-state index is 13.0. The number of hydrogen-bond acceptors (Lipinski definition) is 6. The average molecular weight is 363 g/mol. The molecule has 0 aliphatic carbocycles. The van der Waals surface area contributed by atoms with Crippen LogP contribution in [-0.4, -0.2) is 53.6 Å². The summed E-state index contributed by atoms with van der Waals surface area (Å²) in [5.74, 6) is 1.78. The van der Waals surface area contributed by atoms with Gasteiger partial charge in [0.05, 0.1) is 24.8 Å². The first-order valence-electron chi connectivity index (χ1n) is 9.12. The van der Waals surface area contributed by atoms with Gasteiger partial charge in [0.15, 0.2) is 5.82 Å². The molecule has 0 spiro atoms. The molecule has 0 radical (unpaired) electrons. The van der Waals surface area contributed by atoms with Crippen molar-refractivity contribution in [3.05, 3.63) is 47.8 Å². The summed E-state index contributed by atoms with van der Waals surface area (Å²) in [6.07, 6.45) is 5.32. The molecule has 0 bridgehead atoms. The summed E-state index contributed by atoms with van der Waals surface area (Å²) >= 11 is 0. The minimum Gasteiger partial charge on any atom is -0.478 e. The number of fused-ring (bicyclic) bond motifs is 1. The standard InChI is InChI=1S/C20H21N5O2/c1-27-19-18(22-8-9-23-19)24-10-6-15-7-11-25(17(15)13-24)20(26)16-4-2-14(12-21)3-5-16/h2-5,8-9,15,17H,6-7,10-11,13H2,1H3. The molecule has 27 heavy (non-hydrogen) atoms. The summed E-state index contributed by atoms with van der Waals surface area (Å²) in [6, 6.07) is 9.09. The number of likely N-dealkylation sites (tertiary alicyclic amines) is 1. The maximum Gasteiger partial charge on any atom is 0.257 e. The van der Waals surface area contributed by atoms with Crippen LogP contribution in [0.15, 0.2) is 36.7 Å². The molecule has 4 rings (SSSR count). The number of hydrogen-bond donors (Lipinski definition) is 0. The van der Waals surface area contributed by atoms with E-state index in [4.69, 9.17) is 10.00 Å². The number of carbonyl (C=O) groups excluding carboxylic acids is 1. The van der Waals surface area contributed by atoms with Crippen molar-refractivity contribution in [3.63, 3.8) is 0 Å². The van der Waals surface area contributed by atoms with Crippen LogP contribution < -0.4 is 9.64 Å². The lowest BCUT2D eigenvalue weighted by Gasteiger charge is -2.39. The Bertz CT molecular complexity index is 877. The second-order valence-corrected chi connectivity index (χ2v) is 6.93. The molecule has 2 aliphatic rings. The molecule has 2 saturated heterocycles. The third-order valence-electron chi connectivity index (χ3n) is 5.52. The molecule has 0 saturated carbocycles. The van der Waals surface area contributed by atoms with Crippen molar-refractivity contribution in [2.24, 2.45) is 5.92 Å². The van der Waals surface area contributed by atoms with Crippen molar-refractivity contribution < 1.29 is 9.53 Å². The first kappa shape index (κ1) is 17.3. The third kappa shape index (κ3) is 3.19. The number of benzene rings is 1. The molecular weight excluding hydrogens is 342 g/mol. The summed E-state index contributed by atoms with van der Waals surface area (Å²) in [6.45, 7) is 2.37. The van der Waals surface area contributed by atoms with E-state index in [1.54, 1.807) is 43.8 Å². The van der Waals surface area contributed by atoms with E-state index in [1.807, 2.05) is 4.90 Å². The second kappa shape index (κ2) is 7.23. The summed E-state index contributed by atoms with van der Waals surface area (Å²) in [5.41, 5.74) is 1.19. The fourth-order valence-corrected chi connectivity index (χ4v) is 4.12. The lowest BCUT2D eigenvalue weighted by molar-refractivity contribution is 0.0712. The van der Waals surface area contributed by atoms with Gasteiger partial charge in [0.2, 0.25) is 0 Å². The molecule has 7 heteroatoms. The molecule has 2 aromatic rings. The molecule has 138 valence electrons. The van der Waals surface area contributed by atoms with Gasteiger partial charge in [-0.05, 0) is 43.0 Å². The monoisotopic (exact) mass is 363 g/mol. The Morgan fingerprint density at radius 3 is 2.67 bits per heavy atom. The molecule has 2 atom stereocenters. The smallest absolute Gasteiger partial charge is 0.257 e. The zero-order valence-corrected chi connectivity index (χ0v) is 15.2. The number of piperidine rings is 1. The third-order valence-corrected chi connectivity index (χ3v) is 5.52. The van der Waals surface area contributed by atoms with E-state index in [9.17, 15) is 4.79 Å². The average Bonchev–Trinajstić information content (AvgIpc) is 3.16. The van der Waals surface area contributed by atoms with E-state index in [2.05, 4.69) is 20.9 Å². The molecule has 1 aromatic carbocycles. The van der Waals surface area contributed by atoms with Crippen LogP contribution in [0.3, 0.4) is 0 Å².